The highest BCUT2D eigenvalue weighted by atomic mass is 32.1. The van der Waals surface area contributed by atoms with Crippen LogP contribution in [0.3, 0.4) is 0 Å². The first-order valence-electron chi connectivity index (χ1n) is 6.43. The minimum atomic E-state index is 0.295. The van der Waals surface area contributed by atoms with Crippen molar-refractivity contribution in [2.24, 2.45) is 5.73 Å². The van der Waals surface area contributed by atoms with Crippen molar-refractivity contribution in [3.63, 3.8) is 0 Å². The third-order valence-electron chi connectivity index (χ3n) is 3.15. The van der Waals surface area contributed by atoms with Crippen LogP contribution in [0.15, 0.2) is 48.8 Å². The maximum Gasteiger partial charge on any atom is 0.159 e. The van der Waals surface area contributed by atoms with Gasteiger partial charge in [-0.3, -0.25) is 4.98 Å². The van der Waals surface area contributed by atoms with Crippen LogP contribution < -0.4 is 11.1 Å². The normalized spacial score (nSPS) is 10.5. The molecule has 6 heteroatoms. The summed E-state index contributed by atoms with van der Waals surface area (Å²) in [7, 11) is 0. The first-order chi connectivity index (χ1) is 10.3. The van der Waals surface area contributed by atoms with Crippen LogP contribution in [-0.4, -0.2) is 20.2 Å². The van der Waals surface area contributed by atoms with E-state index in [0.29, 0.717) is 22.9 Å². The van der Waals surface area contributed by atoms with Crippen LogP contribution in [0.4, 0.5) is 5.82 Å². The summed E-state index contributed by atoms with van der Waals surface area (Å²) in [6, 6.07) is 11.8. The number of pyridine rings is 1. The molecule has 1 aromatic carbocycles. The molecule has 0 aliphatic heterocycles. The minimum absolute atomic E-state index is 0.295. The average molecular weight is 295 g/mol. The zero-order valence-corrected chi connectivity index (χ0v) is 12.0. The van der Waals surface area contributed by atoms with E-state index in [1.54, 1.807) is 18.5 Å². The van der Waals surface area contributed by atoms with Crippen molar-refractivity contribution in [3.8, 4) is 0 Å². The Labute approximate surface area is 127 Å². The number of hydrogen-bond donors (Lipinski definition) is 2. The molecule has 3 aromatic rings. The van der Waals surface area contributed by atoms with Gasteiger partial charge in [0.1, 0.15) is 4.99 Å². The van der Waals surface area contributed by atoms with Gasteiger partial charge in [0.05, 0.1) is 17.3 Å². The SMILES string of the molecule is NC(=S)c1ccnnc1NCc1cccc2cccnc12. The lowest BCUT2D eigenvalue weighted by Crippen LogP contribution is -2.15. The molecule has 2 heterocycles. The van der Waals surface area contributed by atoms with Crippen LogP contribution in [0.2, 0.25) is 0 Å². The largest absolute Gasteiger partial charge is 0.389 e. The molecule has 0 bridgehead atoms. The van der Waals surface area contributed by atoms with Gasteiger partial charge in [0.25, 0.3) is 0 Å². The summed E-state index contributed by atoms with van der Waals surface area (Å²) >= 11 is 5.02. The summed E-state index contributed by atoms with van der Waals surface area (Å²) in [6.45, 7) is 0.572. The summed E-state index contributed by atoms with van der Waals surface area (Å²) in [5.41, 5.74) is 8.42. The molecule has 0 radical (unpaired) electrons. The molecule has 3 N–H and O–H groups in total. The zero-order chi connectivity index (χ0) is 14.7. The lowest BCUT2D eigenvalue weighted by atomic mass is 10.1. The number of hydrogen-bond acceptors (Lipinski definition) is 5. The summed E-state index contributed by atoms with van der Waals surface area (Å²) in [6.07, 6.45) is 3.35. The van der Waals surface area contributed by atoms with Gasteiger partial charge in [-0.15, -0.1) is 5.10 Å². The monoisotopic (exact) mass is 295 g/mol. The number of benzene rings is 1. The molecule has 0 amide bonds. The molecule has 0 spiro atoms. The Morgan fingerprint density at radius 3 is 2.86 bits per heavy atom. The van der Waals surface area contributed by atoms with Crippen molar-refractivity contribution >= 4 is 33.9 Å². The molecular formula is C15H13N5S. The Hall–Kier alpha value is -2.60. The van der Waals surface area contributed by atoms with Crippen LogP contribution in [0.25, 0.3) is 10.9 Å². The quantitative estimate of drug-likeness (QED) is 0.719. The van der Waals surface area contributed by atoms with Crippen molar-refractivity contribution in [2.75, 3.05) is 5.32 Å². The Bertz CT molecular complexity index is 797. The third kappa shape index (κ3) is 2.80. The number of anilines is 1. The molecule has 104 valence electrons. The van der Waals surface area contributed by atoms with Gasteiger partial charge in [-0.25, -0.2) is 0 Å². The molecule has 0 unspecified atom stereocenters. The fourth-order valence-corrected chi connectivity index (χ4v) is 2.31. The van der Waals surface area contributed by atoms with Gasteiger partial charge in [0, 0.05) is 18.1 Å². The van der Waals surface area contributed by atoms with Gasteiger partial charge in [-0.05, 0) is 17.7 Å². The van der Waals surface area contributed by atoms with Gasteiger partial charge in [0.2, 0.25) is 0 Å². The Morgan fingerprint density at radius 2 is 2.00 bits per heavy atom. The van der Waals surface area contributed by atoms with E-state index < -0.39 is 0 Å². The van der Waals surface area contributed by atoms with Gasteiger partial charge in [0.15, 0.2) is 5.82 Å². The number of nitrogens with two attached hydrogens (primary N) is 1. The first kappa shape index (κ1) is 13.4. The molecule has 0 fully saturated rings. The molecular weight excluding hydrogens is 282 g/mol. The van der Waals surface area contributed by atoms with Crippen LogP contribution in [-0.2, 0) is 6.54 Å². The van der Waals surface area contributed by atoms with E-state index in [0.717, 1.165) is 16.5 Å². The highest BCUT2D eigenvalue weighted by molar-refractivity contribution is 7.80. The van der Waals surface area contributed by atoms with Crippen molar-refractivity contribution < 1.29 is 0 Å². The van der Waals surface area contributed by atoms with E-state index in [9.17, 15) is 0 Å². The summed E-state index contributed by atoms with van der Waals surface area (Å²) in [5, 5.41) is 12.2. The first-order valence-corrected chi connectivity index (χ1v) is 6.84. The molecule has 0 saturated heterocycles. The fraction of sp³-hybridized carbons (Fsp3) is 0.0667. The molecule has 5 nitrogen and oxygen atoms in total. The predicted octanol–water partition coefficient (Wildman–Crippen LogP) is 2.27. The Morgan fingerprint density at radius 1 is 1.14 bits per heavy atom. The van der Waals surface area contributed by atoms with E-state index >= 15 is 0 Å². The standard InChI is InChI=1S/C15H13N5S/c16-14(21)12-6-8-19-20-15(12)18-9-11-4-1-3-10-5-2-7-17-13(10)11/h1-8H,9H2,(H2,16,21)(H,18,20). The molecule has 21 heavy (non-hydrogen) atoms. The Kier molecular flexibility index (Phi) is 3.70. The summed E-state index contributed by atoms with van der Waals surface area (Å²) < 4.78 is 0. The molecule has 2 aromatic heterocycles. The number of para-hydroxylation sites is 1. The smallest absolute Gasteiger partial charge is 0.159 e. The van der Waals surface area contributed by atoms with E-state index in [1.165, 1.54) is 0 Å². The van der Waals surface area contributed by atoms with Crippen molar-refractivity contribution in [1.82, 2.24) is 15.2 Å². The molecule has 0 atom stereocenters. The van der Waals surface area contributed by atoms with Crippen LogP contribution in [0, 0.1) is 0 Å². The predicted molar refractivity (Wildman–Crippen MR) is 87.0 cm³/mol. The Balaban J connectivity index is 1.89. The summed E-state index contributed by atoms with van der Waals surface area (Å²) in [5.74, 6) is 0.581. The van der Waals surface area contributed by atoms with Crippen LogP contribution >= 0.6 is 12.2 Å². The second kappa shape index (κ2) is 5.80. The zero-order valence-electron chi connectivity index (χ0n) is 11.2. The molecule has 0 aliphatic carbocycles. The average Bonchev–Trinajstić information content (AvgIpc) is 2.53. The minimum Gasteiger partial charge on any atom is -0.389 e. The second-order valence-corrected chi connectivity index (χ2v) is 4.94. The van der Waals surface area contributed by atoms with E-state index in [2.05, 4.69) is 20.5 Å². The van der Waals surface area contributed by atoms with Crippen molar-refractivity contribution in [2.45, 2.75) is 6.54 Å². The molecule has 3 rings (SSSR count). The molecule has 0 saturated carbocycles. The van der Waals surface area contributed by atoms with Gasteiger partial charge in [-0.1, -0.05) is 36.5 Å². The number of nitrogens with zero attached hydrogens (tertiary/aromatic N) is 3. The van der Waals surface area contributed by atoms with E-state index in [-0.39, 0.29) is 0 Å². The number of thiocarbonyl (C=S) groups is 1. The fourth-order valence-electron chi connectivity index (χ4n) is 2.15. The molecule has 0 aliphatic rings. The lowest BCUT2D eigenvalue weighted by molar-refractivity contribution is 0.998. The van der Waals surface area contributed by atoms with Gasteiger partial charge < -0.3 is 11.1 Å². The maximum absolute atomic E-state index is 5.69. The highest BCUT2D eigenvalue weighted by Gasteiger charge is 2.07. The van der Waals surface area contributed by atoms with E-state index in [4.69, 9.17) is 18.0 Å². The van der Waals surface area contributed by atoms with Crippen LogP contribution in [0.5, 0.6) is 0 Å². The number of nitrogens with one attached hydrogen (secondary N) is 1. The van der Waals surface area contributed by atoms with Crippen molar-refractivity contribution in [3.05, 3.63) is 59.9 Å². The number of rotatable bonds is 4. The number of fused-ring (bicyclic) bond motifs is 1. The van der Waals surface area contributed by atoms with Crippen LogP contribution in [0.1, 0.15) is 11.1 Å². The second-order valence-electron chi connectivity index (χ2n) is 4.50. The number of aromatic nitrogens is 3. The third-order valence-corrected chi connectivity index (χ3v) is 3.37. The lowest BCUT2D eigenvalue weighted by Gasteiger charge is -2.10. The highest BCUT2D eigenvalue weighted by Crippen LogP contribution is 2.18. The van der Waals surface area contributed by atoms with E-state index in [1.807, 2.05) is 30.3 Å². The topological polar surface area (TPSA) is 76.7 Å². The summed E-state index contributed by atoms with van der Waals surface area (Å²) in [4.78, 5) is 4.72. The van der Waals surface area contributed by atoms with Gasteiger partial charge >= 0.3 is 0 Å². The van der Waals surface area contributed by atoms with Crippen molar-refractivity contribution in [1.29, 1.82) is 0 Å². The van der Waals surface area contributed by atoms with Gasteiger partial charge in [-0.2, -0.15) is 5.10 Å². The maximum atomic E-state index is 5.69.